The van der Waals surface area contributed by atoms with Gasteiger partial charge in [0.25, 0.3) is 0 Å². The molecule has 0 aliphatic carbocycles. The molecule has 0 aromatic rings. The van der Waals surface area contributed by atoms with E-state index in [4.69, 9.17) is 0 Å². The van der Waals surface area contributed by atoms with Gasteiger partial charge in [0.15, 0.2) is 0 Å². The van der Waals surface area contributed by atoms with Gasteiger partial charge in [0.2, 0.25) is 0 Å². The Bertz CT molecular complexity index is 145. The molecular formula is C6H7F5O. The summed E-state index contributed by atoms with van der Waals surface area (Å²) in [6.45, 7) is -1.85. The Balaban J connectivity index is 3.61. The van der Waals surface area contributed by atoms with Gasteiger partial charge in [0.1, 0.15) is 6.61 Å². The van der Waals surface area contributed by atoms with Gasteiger partial charge >= 0.3 is 12.3 Å². The molecule has 0 aliphatic rings. The summed E-state index contributed by atoms with van der Waals surface area (Å²) in [4.78, 5) is 0. The maximum Gasteiger partial charge on any atom is 0.330 e. The first-order chi connectivity index (χ1) is 5.50. The molecule has 0 aromatic heterocycles. The molecule has 0 aromatic carbocycles. The Labute approximate surface area is 65.8 Å². The van der Waals surface area contributed by atoms with Gasteiger partial charge in [-0.3, -0.25) is 0 Å². The molecule has 6 heteroatoms. The third kappa shape index (κ3) is 4.27. The van der Waals surface area contributed by atoms with Crippen molar-refractivity contribution in [1.29, 1.82) is 0 Å². The standard InChI is InChI=1S/C6H7F5O/c7-2-1-3-12-4-6(10,11)5(8)9/h1-2,5H,3-4H2. The van der Waals surface area contributed by atoms with E-state index in [-0.39, 0.29) is 6.33 Å². The van der Waals surface area contributed by atoms with Gasteiger partial charge in [-0.15, -0.1) is 0 Å². The van der Waals surface area contributed by atoms with Crippen LogP contribution in [0.25, 0.3) is 0 Å². The van der Waals surface area contributed by atoms with Crippen molar-refractivity contribution >= 4 is 0 Å². The topological polar surface area (TPSA) is 9.23 Å². The lowest BCUT2D eigenvalue weighted by atomic mass is 10.4. The highest BCUT2D eigenvalue weighted by atomic mass is 19.3. The van der Waals surface area contributed by atoms with E-state index in [0.717, 1.165) is 6.08 Å². The maximum absolute atomic E-state index is 12.0. The van der Waals surface area contributed by atoms with E-state index >= 15 is 0 Å². The van der Waals surface area contributed by atoms with Crippen LogP contribution in [0.15, 0.2) is 12.4 Å². The molecule has 0 atom stereocenters. The summed E-state index contributed by atoms with van der Waals surface area (Å²) in [7, 11) is 0. The van der Waals surface area contributed by atoms with Crippen LogP contribution in [0.5, 0.6) is 0 Å². The van der Waals surface area contributed by atoms with Crippen molar-refractivity contribution in [2.24, 2.45) is 0 Å². The summed E-state index contributed by atoms with van der Waals surface area (Å²) < 4.78 is 62.0. The first-order valence-electron chi connectivity index (χ1n) is 2.99. The first kappa shape index (κ1) is 11.4. The summed E-state index contributed by atoms with van der Waals surface area (Å²) in [6.07, 6.45) is -2.88. The normalized spacial score (nSPS) is 13.2. The lowest BCUT2D eigenvalue weighted by molar-refractivity contribution is -0.163. The van der Waals surface area contributed by atoms with Crippen molar-refractivity contribution in [3.63, 3.8) is 0 Å². The van der Waals surface area contributed by atoms with Gasteiger partial charge in [0.05, 0.1) is 12.9 Å². The largest absolute Gasteiger partial charge is 0.371 e. The molecule has 0 bridgehead atoms. The number of ether oxygens (including phenoxy) is 1. The number of alkyl halides is 4. The lowest BCUT2D eigenvalue weighted by Gasteiger charge is -2.13. The molecule has 0 saturated carbocycles. The van der Waals surface area contributed by atoms with Crippen LogP contribution >= 0.6 is 0 Å². The van der Waals surface area contributed by atoms with Crippen LogP contribution in [0.2, 0.25) is 0 Å². The minimum Gasteiger partial charge on any atom is -0.371 e. The van der Waals surface area contributed by atoms with E-state index in [2.05, 4.69) is 4.74 Å². The molecule has 1 nitrogen and oxygen atoms in total. The van der Waals surface area contributed by atoms with Crippen molar-refractivity contribution in [2.75, 3.05) is 13.2 Å². The zero-order valence-electron chi connectivity index (χ0n) is 5.94. The fraction of sp³-hybridized carbons (Fsp3) is 0.667. The zero-order chi connectivity index (χ0) is 9.61. The third-order valence-electron chi connectivity index (χ3n) is 0.917. The molecule has 0 rings (SSSR count). The molecule has 0 N–H and O–H groups in total. The number of rotatable bonds is 5. The molecule has 0 amide bonds. The molecule has 0 heterocycles. The van der Waals surface area contributed by atoms with Gasteiger partial charge in [-0.05, 0) is 6.08 Å². The van der Waals surface area contributed by atoms with Gasteiger partial charge in [-0.2, -0.15) is 8.78 Å². The Morgan fingerprint density at radius 1 is 1.33 bits per heavy atom. The lowest BCUT2D eigenvalue weighted by Crippen LogP contribution is -2.32. The minimum atomic E-state index is -4.16. The molecule has 0 fully saturated rings. The van der Waals surface area contributed by atoms with Crippen LogP contribution in [-0.2, 0) is 4.74 Å². The fourth-order valence-electron chi connectivity index (χ4n) is 0.362. The van der Waals surface area contributed by atoms with E-state index in [1.165, 1.54) is 0 Å². The molecule has 0 unspecified atom stereocenters. The van der Waals surface area contributed by atoms with Crippen molar-refractivity contribution in [3.05, 3.63) is 12.4 Å². The second-order valence-corrected chi connectivity index (χ2v) is 1.94. The fourth-order valence-corrected chi connectivity index (χ4v) is 0.362. The van der Waals surface area contributed by atoms with Crippen LogP contribution in [0.3, 0.4) is 0 Å². The number of halogens is 5. The minimum absolute atomic E-state index is 0.0838. The monoisotopic (exact) mass is 190 g/mol. The Hall–Kier alpha value is -0.650. The van der Waals surface area contributed by atoms with Crippen molar-refractivity contribution in [1.82, 2.24) is 0 Å². The molecule has 72 valence electrons. The summed E-state index contributed by atoms with van der Waals surface area (Å²) in [5.74, 6) is -4.16. The van der Waals surface area contributed by atoms with Crippen molar-refractivity contribution < 1.29 is 26.7 Å². The summed E-state index contributed by atoms with van der Waals surface area (Å²) in [5.41, 5.74) is 0. The molecule has 0 spiro atoms. The molecule has 0 radical (unpaired) electrons. The highest BCUT2D eigenvalue weighted by Crippen LogP contribution is 2.22. The van der Waals surface area contributed by atoms with E-state index in [1.54, 1.807) is 0 Å². The van der Waals surface area contributed by atoms with Crippen molar-refractivity contribution in [2.45, 2.75) is 12.3 Å². The summed E-state index contributed by atoms with van der Waals surface area (Å²) in [5, 5.41) is 0. The summed E-state index contributed by atoms with van der Waals surface area (Å²) in [6, 6.07) is 0. The molecule has 0 saturated heterocycles. The average molecular weight is 190 g/mol. The summed E-state index contributed by atoms with van der Waals surface area (Å²) >= 11 is 0. The predicted molar refractivity (Wildman–Crippen MR) is 32.0 cm³/mol. The van der Waals surface area contributed by atoms with Gasteiger partial charge in [-0.25, -0.2) is 13.2 Å². The van der Waals surface area contributed by atoms with Crippen LogP contribution in [-0.4, -0.2) is 25.6 Å². The van der Waals surface area contributed by atoms with E-state index in [9.17, 15) is 22.0 Å². The van der Waals surface area contributed by atoms with Gasteiger partial charge in [0, 0.05) is 0 Å². The Morgan fingerprint density at radius 3 is 2.33 bits per heavy atom. The Morgan fingerprint density at radius 2 is 1.92 bits per heavy atom. The number of hydrogen-bond acceptors (Lipinski definition) is 1. The quantitative estimate of drug-likeness (QED) is 0.477. The second kappa shape index (κ2) is 5.08. The maximum atomic E-state index is 12.0. The highest BCUT2D eigenvalue weighted by molar-refractivity contribution is 4.73. The smallest absolute Gasteiger partial charge is 0.330 e. The highest BCUT2D eigenvalue weighted by Gasteiger charge is 2.40. The molecule has 0 aliphatic heterocycles. The van der Waals surface area contributed by atoms with E-state index in [0.29, 0.717) is 0 Å². The van der Waals surface area contributed by atoms with Crippen LogP contribution in [0, 0.1) is 0 Å². The van der Waals surface area contributed by atoms with Gasteiger partial charge < -0.3 is 4.74 Å². The predicted octanol–water partition coefficient (Wildman–Crippen LogP) is 2.39. The van der Waals surface area contributed by atoms with Crippen LogP contribution < -0.4 is 0 Å². The molecule has 12 heavy (non-hydrogen) atoms. The Kier molecular flexibility index (Phi) is 4.80. The van der Waals surface area contributed by atoms with E-state index < -0.39 is 25.6 Å². The van der Waals surface area contributed by atoms with Crippen molar-refractivity contribution in [3.8, 4) is 0 Å². The average Bonchev–Trinajstić information content (AvgIpc) is 1.98. The third-order valence-corrected chi connectivity index (χ3v) is 0.917. The van der Waals surface area contributed by atoms with E-state index in [1.807, 2.05) is 0 Å². The SMILES string of the molecule is FC=CCOCC(F)(F)C(F)F. The second-order valence-electron chi connectivity index (χ2n) is 1.94. The first-order valence-corrected chi connectivity index (χ1v) is 2.99. The van der Waals surface area contributed by atoms with Crippen LogP contribution in [0.4, 0.5) is 22.0 Å². The van der Waals surface area contributed by atoms with Crippen LogP contribution in [0.1, 0.15) is 0 Å². The van der Waals surface area contributed by atoms with Gasteiger partial charge in [-0.1, -0.05) is 0 Å². The zero-order valence-corrected chi connectivity index (χ0v) is 5.94. The molecular weight excluding hydrogens is 183 g/mol. The number of hydrogen-bond donors (Lipinski definition) is 0.